The number of rotatable bonds is 9. The molecule has 26 heavy (non-hydrogen) atoms. The molecule has 0 saturated carbocycles. The number of nitro groups is 1. The van der Waals surface area contributed by atoms with E-state index >= 15 is 0 Å². The fourth-order valence-electron chi connectivity index (χ4n) is 2.18. The maximum atomic E-state index is 13.9. The molecule has 0 fully saturated rings. The highest BCUT2D eigenvalue weighted by Gasteiger charge is 2.15. The minimum Gasteiger partial charge on any atom is -0.488 e. The number of halogens is 1. The van der Waals surface area contributed by atoms with Crippen molar-refractivity contribution in [3.05, 3.63) is 46.2 Å². The molecule has 9 nitrogen and oxygen atoms in total. The highest BCUT2D eigenvalue weighted by molar-refractivity contribution is 5.90. The van der Waals surface area contributed by atoms with Crippen LogP contribution in [0.3, 0.4) is 0 Å². The number of benzene rings is 1. The van der Waals surface area contributed by atoms with Gasteiger partial charge in [0.25, 0.3) is 0 Å². The summed E-state index contributed by atoms with van der Waals surface area (Å²) in [6.07, 6.45) is 1.33. The molecule has 1 amide bonds. The van der Waals surface area contributed by atoms with E-state index in [2.05, 4.69) is 10.3 Å². The minimum atomic E-state index is -0.597. The van der Waals surface area contributed by atoms with Crippen molar-refractivity contribution in [2.45, 2.75) is 19.9 Å². The van der Waals surface area contributed by atoms with Gasteiger partial charge in [0, 0.05) is 38.8 Å². The van der Waals surface area contributed by atoms with Gasteiger partial charge in [-0.2, -0.15) is 0 Å². The number of anilines is 1. The van der Waals surface area contributed by atoms with Crippen molar-refractivity contribution >= 4 is 17.4 Å². The molecule has 0 aliphatic heterocycles. The Kier molecular flexibility index (Phi) is 6.61. The largest absolute Gasteiger partial charge is 0.488 e. The number of imidazole rings is 1. The molecule has 1 heterocycles. The number of nitrogens with zero attached hydrogens (tertiary/aromatic N) is 3. The highest BCUT2D eigenvalue weighted by Crippen LogP contribution is 2.21. The van der Waals surface area contributed by atoms with Gasteiger partial charge in [0.1, 0.15) is 12.8 Å². The lowest BCUT2D eigenvalue weighted by atomic mass is 10.2. The normalized spacial score (nSPS) is 10.6. The number of aromatic nitrogens is 2. The molecule has 2 rings (SSSR count). The third-order valence-electron chi connectivity index (χ3n) is 3.49. The van der Waals surface area contributed by atoms with Crippen LogP contribution in [0.4, 0.5) is 15.9 Å². The standard InChI is InChI=1S/C16H19FN4O5/c1-11-18-15(21(23)24)10-20(11)6-5-16(22)19-12-3-4-14(13(17)9-12)26-8-7-25-2/h3-4,9-10H,5-8H2,1-2H3,(H,19,22). The first-order valence-corrected chi connectivity index (χ1v) is 7.80. The van der Waals surface area contributed by atoms with Gasteiger partial charge in [-0.1, -0.05) is 0 Å². The van der Waals surface area contributed by atoms with E-state index in [0.29, 0.717) is 18.1 Å². The Balaban J connectivity index is 1.89. The number of amides is 1. The lowest BCUT2D eigenvalue weighted by Gasteiger charge is -2.09. The van der Waals surface area contributed by atoms with Crippen molar-refractivity contribution in [2.24, 2.45) is 0 Å². The quantitative estimate of drug-likeness (QED) is 0.414. The molecular weight excluding hydrogens is 347 g/mol. The average molecular weight is 366 g/mol. The average Bonchev–Trinajstić information content (AvgIpc) is 2.96. The molecule has 0 atom stereocenters. The second-order valence-electron chi connectivity index (χ2n) is 5.38. The number of hydrogen-bond acceptors (Lipinski definition) is 6. The number of carbonyl (C=O) groups excluding carboxylic acids is 1. The summed E-state index contributed by atoms with van der Waals surface area (Å²) < 4.78 is 25.5. The van der Waals surface area contributed by atoms with E-state index in [1.165, 1.54) is 30.0 Å². The van der Waals surface area contributed by atoms with Crippen molar-refractivity contribution in [3.8, 4) is 5.75 Å². The lowest BCUT2D eigenvalue weighted by molar-refractivity contribution is -0.389. The van der Waals surface area contributed by atoms with Gasteiger partial charge in [0.05, 0.1) is 6.61 Å². The van der Waals surface area contributed by atoms with Gasteiger partial charge >= 0.3 is 5.82 Å². The number of carbonyl (C=O) groups is 1. The molecule has 0 aliphatic rings. The number of methoxy groups -OCH3 is 1. The van der Waals surface area contributed by atoms with Crippen molar-refractivity contribution < 1.29 is 23.6 Å². The third kappa shape index (κ3) is 5.24. The summed E-state index contributed by atoms with van der Waals surface area (Å²) in [4.78, 5) is 25.9. The zero-order valence-corrected chi connectivity index (χ0v) is 14.4. The van der Waals surface area contributed by atoms with Crippen LogP contribution in [0.5, 0.6) is 5.75 Å². The van der Waals surface area contributed by atoms with E-state index in [-0.39, 0.29) is 37.0 Å². The van der Waals surface area contributed by atoms with Crippen LogP contribution in [0.15, 0.2) is 24.4 Å². The second kappa shape index (κ2) is 8.90. The van der Waals surface area contributed by atoms with Crippen LogP contribution >= 0.6 is 0 Å². The van der Waals surface area contributed by atoms with Crippen LogP contribution in [0, 0.1) is 22.9 Å². The first-order chi connectivity index (χ1) is 12.4. The topological polar surface area (TPSA) is 109 Å². The molecule has 10 heteroatoms. The Morgan fingerprint density at radius 2 is 2.19 bits per heavy atom. The minimum absolute atomic E-state index is 0.0576. The fraction of sp³-hybridized carbons (Fsp3) is 0.375. The Morgan fingerprint density at radius 3 is 2.81 bits per heavy atom. The molecule has 2 aromatic rings. The molecule has 0 aliphatic carbocycles. The number of hydrogen-bond donors (Lipinski definition) is 1. The zero-order chi connectivity index (χ0) is 19.1. The molecule has 1 aromatic carbocycles. The SMILES string of the molecule is COCCOc1ccc(NC(=O)CCn2cc([N+](=O)[O-])nc2C)cc1F. The van der Waals surface area contributed by atoms with Crippen LogP contribution in [-0.2, 0) is 16.1 Å². The van der Waals surface area contributed by atoms with Crippen molar-refractivity contribution in [3.63, 3.8) is 0 Å². The summed E-state index contributed by atoms with van der Waals surface area (Å²) in [6.45, 7) is 2.39. The first-order valence-electron chi connectivity index (χ1n) is 7.80. The van der Waals surface area contributed by atoms with Gasteiger partial charge in [-0.25, -0.2) is 4.39 Å². The van der Waals surface area contributed by atoms with Gasteiger partial charge in [-0.3, -0.25) is 4.79 Å². The molecule has 1 aromatic heterocycles. The number of aryl methyl sites for hydroxylation is 2. The molecule has 0 saturated heterocycles. The van der Waals surface area contributed by atoms with Gasteiger partial charge in [-0.15, -0.1) is 0 Å². The molecular formula is C16H19FN4O5. The van der Waals surface area contributed by atoms with Crippen LogP contribution in [0.2, 0.25) is 0 Å². The summed E-state index contributed by atoms with van der Waals surface area (Å²) in [5.41, 5.74) is 0.292. The smallest absolute Gasteiger partial charge is 0.381 e. The monoisotopic (exact) mass is 366 g/mol. The third-order valence-corrected chi connectivity index (χ3v) is 3.49. The summed E-state index contributed by atoms with van der Waals surface area (Å²) in [6, 6.07) is 4.10. The summed E-state index contributed by atoms with van der Waals surface area (Å²) >= 11 is 0. The Labute approximate surface area is 148 Å². The number of nitrogens with one attached hydrogen (secondary N) is 1. The molecule has 1 N–H and O–H groups in total. The molecule has 0 radical (unpaired) electrons. The maximum absolute atomic E-state index is 13.9. The van der Waals surface area contributed by atoms with Crippen LogP contribution < -0.4 is 10.1 Å². The van der Waals surface area contributed by atoms with Crippen LogP contribution in [0.25, 0.3) is 0 Å². The number of ether oxygens (including phenoxy) is 2. The highest BCUT2D eigenvalue weighted by atomic mass is 19.1. The van der Waals surface area contributed by atoms with Crippen molar-refractivity contribution in [2.75, 3.05) is 25.6 Å². The zero-order valence-electron chi connectivity index (χ0n) is 14.4. The van der Waals surface area contributed by atoms with Crippen LogP contribution in [-0.4, -0.2) is 40.7 Å². The van der Waals surface area contributed by atoms with Crippen molar-refractivity contribution in [1.82, 2.24) is 9.55 Å². The Hall–Kier alpha value is -3.01. The van der Waals surface area contributed by atoms with Gasteiger partial charge < -0.3 is 29.5 Å². The van der Waals surface area contributed by atoms with Gasteiger partial charge in [0.15, 0.2) is 11.6 Å². The molecule has 0 spiro atoms. The van der Waals surface area contributed by atoms with Gasteiger partial charge in [-0.05, 0) is 22.0 Å². The Bertz CT molecular complexity index is 793. The molecule has 0 unspecified atom stereocenters. The van der Waals surface area contributed by atoms with E-state index < -0.39 is 10.7 Å². The maximum Gasteiger partial charge on any atom is 0.381 e. The van der Waals surface area contributed by atoms with Crippen molar-refractivity contribution in [1.29, 1.82) is 0 Å². The first kappa shape index (κ1) is 19.3. The van der Waals surface area contributed by atoms with Crippen LogP contribution in [0.1, 0.15) is 12.2 Å². The molecule has 140 valence electrons. The van der Waals surface area contributed by atoms with E-state index in [1.807, 2.05) is 0 Å². The second-order valence-corrected chi connectivity index (χ2v) is 5.38. The van der Waals surface area contributed by atoms with Gasteiger partial charge in [0.2, 0.25) is 11.7 Å². The lowest BCUT2D eigenvalue weighted by Crippen LogP contribution is -2.15. The predicted octanol–water partition coefficient (Wildman–Crippen LogP) is 2.29. The summed E-state index contributed by atoms with van der Waals surface area (Å²) in [5, 5.41) is 13.3. The predicted molar refractivity (Wildman–Crippen MR) is 90.6 cm³/mol. The van der Waals surface area contributed by atoms with E-state index in [9.17, 15) is 19.3 Å². The summed E-state index contributed by atoms with van der Waals surface area (Å²) in [5.74, 6) is -0.711. The summed E-state index contributed by atoms with van der Waals surface area (Å²) in [7, 11) is 1.52. The fourth-order valence-corrected chi connectivity index (χ4v) is 2.18. The van der Waals surface area contributed by atoms with E-state index in [1.54, 1.807) is 6.92 Å². The molecule has 0 bridgehead atoms. The van der Waals surface area contributed by atoms with E-state index in [0.717, 1.165) is 6.07 Å². The van der Waals surface area contributed by atoms with E-state index in [4.69, 9.17) is 9.47 Å². The Morgan fingerprint density at radius 1 is 1.42 bits per heavy atom.